The Hall–Kier alpha value is -1.36. The molecule has 1 aromatic heterocycles. The molecule has 0 aromatic carbocycles. The molecule has 124 valence electrons. The van der Waals surface area contributed by atoms with Crippen molar-refractivity contribution in [2.45, 2.75) is 52.4 Å². The van der Waals surface area contributed by atoms with E-state index in [0.717, 1.165) is 5.57 Å². The smallest absolute Gasteiger partial charge is 0.130 e. The lowest BCUT2D eigenvalue weighted by Crippen LogP contribution is -2.33. The molecule has 0 unspecified atom stereocenters. The zero-order chi connectivity index (χ0) is 16.7. The zero-order valence-corrected chi connectivity index (χ0v) is 13.7. The number of allylic oxidation sites excluding steroid dienone is 1. The van der Waals surface area contributed by atoms with Crippen molar-refractivity contribution < 1.29 is 19.7 Å². The Kier molecular flexibility index (Phi) is 7.59. The van der Waals surface area contributed by atoms with E-state index in [4.69, 9.17) is 9.52 Å². The van der Waals surface area contributed by atoms with Crippen LogP contribution in [0.15, 0.2) is 34.8 Å². The van der Waals surface area contributed by atoms with Crippen LogP contribution in [-0.4, -0.2) is 27.5 Å². The van der Waals surface area contributed by atoms with Crippen LogP contribution in [0.3, 0.4) is 0 Å². The molecule has 3 N–H and O–H groups in total. The highest BCUT2D eigenvalue weighted by atomic mass is 16.4. The first-order valence-electron chi connectivity index (χ1n) is 7.74. The summed E-state index contributed by atoms with van der Waals surface area (Å²) in [7, 11) is 0. The molecular formula is C18H28O4. The molecule has 0 bridgehead atoms. The Bertz CT molecular complexity index is 487. The van der Waals surface area contributed by atoms with Crippen LogP contribution in [0, 0.1) is 11.8 Å². The van der Waals surface area contributed by atoms with Crippen LogP contribution in [0.2, 0.25) is 0 Å². The van der Waals surface area contributed by atoms with Crippen molar-refractivity contribution in [3.05, 3.63) is 41.9 Å². The summed E-state index contributed by atoms with van der Waals surface area (Å²) in [5, 5.41) is 29.3. The standard InChI is InChI=1S/C18H28O4/c1-5-16(18(21)12(2)3)17(20)9-6-13(4)10-14-7-8-15(11-19)22-14/h5,7-8,10,12,16-21H,1,6,9,11H2,2-4H3/b13-10+/t16-,17-,18-/m1/s1. The number of rotatable bonds is 9. The van der Waals surface area contributed by atoms with E-state index < -0.39 is 12.2 Å². The van der Waals surface area contributed by atoms with Crippen molar-refractivity contribution in [3.63, 3.8) is 0 Å². The van der Waals surface area contributed by atoms with E-state index in [1.165, 1.54) is 0 Å². The third-order valence-corrected chi connectivity index (χ3v) is 3.86. The highest BCUT2D eigenvalue weighted by Crippen LogP contribution is 2.23. The van der Waals surface area contributed by atoms with Gasteiger partial charge < -0.3 is 19.7 Å². The summed E-state index contributed by atoms with van der Waals surface area (Å²) in [5.74, 6) is 0.983. The van der Waals surface area contributed by atoms with Crippen molar-refractivity contribution in [1.82, 2.24) is 0 Å². The van der Waals surface area contributed by atoms with Gasteiger partial charge in [-0.2, -0.15) is 0 Å². The summed E-state index contributed by atoms with van der Waals surface area (Å²) < 4.78 is 5.40. The van der Waals surface area contributed by atoms with Crippen molar-refractivity contribution in [1.29, 1.82) is 0 Å². The van der Waals surface area contributed by atoms with E-state index >= 15 is 0 Å². The molecule has 0 radical (unpaired) electrons. The fourth-order valence-corrected chi connectivity index (χ4v) is 2.41. The summed E-state index contributed by atoms with van der Waals surface area (Å²) in [6.07, 6.45) is 3.57. The van der Waals surface area contributed by atoms with Crippen LogP contribution in [0.4, 0.5) is 0 Å². The lowest BCUT2D eigenvalue weighted by atomic mass is 9.86. The molecule has 4 nitrogen and oxygen atoms in total. The maximum Gasteiger partial charge on any atom is 0.130 e. The van der Waals surface area contributed by atoms with Gasteiger partial charge >= 0.3 is 0 Å². The summed E-state index contributed by atoms with van der Waals surface area (Å²) >= 11 is 0. The van der Waals surface area contributed by atoms with E-state index in [2.05, 4.69) is 6.58 Å². The molecule has 0 amide bonds. The summed E-state index contributed by atoms with van der Waals surface area (Å²) in [6.45, 7) is 9.43. The van der Waals surface area contributed by atoms with Gasteiger partial charge in [0.05, 0.1) is 12.2 Å². The van der Waals surface area contributed by atoms with Crippen LogP contribution >= 0.6 is 0 Å². The second kappa shape index (κ2) is 8.93. The summed E-state index contributed by atoms with van der Waals surface area (Å²) in [4.78, 5) is 0. The van der Waals surface area contributed by atoms with Crippen LogP contribution in [0.5, 0.6) is 0 Å². The van der Waals surface area contributed by atoms with Gasteiger partial charge in [-0.05, 0) is 43.9 Å². The third kappa shape index (κ3) is 5.44. The molecule has 4 heteroatoms. The van der Waals surface area contributed by atoms with Crippen molar-refractivity contribution in [2.24, 2.45) is 11.8 Å². The maximum atomic E-state index is 10.3. The molecule has 1 heterocycles. The zero-order valence-electron chi connectivity index (χ0n) is 13.7. The molecule has 0 saturated carbocycles. The average molecular weight is 308 g/mol. The van der Waals surface area contributed by atoms with E-state index in [1.54, 1.807) is 18.2 Å². The Morgan fingerprint density at radius 1 is 1.32 bits per heavy atom. The van der Waals surface area contributed by atoms with E-state index in [0.29, 0.717) is 24.4 Å². The normalized spacial score (nSPS) is 16.6. The van der Waals surface area contributed by atoms with Crippen molar-refractivity contribution >= 4 is 6.08 Å². The molecule has 0 spiro atoms. The molecule has 0 aliphatic rings. The lowest BCUT2D eigenvalue weighted by Gasteiger charge is -2.27. The first-order chi connectivity index (χ1) is 10.4. The topological polar surface area (TPSA) is 73.8 Å². The SMILES string of the molecule is C=C[C@H]([C@H](O)CC/C(C)=C/c1ccc(CO)o1)[C@H](O)C(C)C. The van der Waals surface area contributed by atoms with Gasteiger partial charge in [0.15, 0.2) is 0 Å². The van der Waals surface area contributed by atoms with Gasteiger partial charge in [0.1, 0.15) is 18.1 Å². The predicted molar refractivity (Wildman–Crippen MR) is 88.1 cm³/mol. The van der Waals surface area contributed by atoms with Crippen LogP contribution in [0.1, 0.15) is 45.1 Å². The third-order valence-electron chi connectivity index (χ3n) is 3.86. The number of hydrogen-bond donors (Lipinski definition) is 3. The molecule has 0 aliphatic carbocycles. The second-order valence-corrected chi connectivity index (χ2v) is 6.11. The molecule has 0 aliphatic heterocycles. The first kappa shape index (κ1) is 18.7. The van der Waals surface area contributed by atoms with Gasteiger partial charge in [0.25, 0.3) is 0 Å². The minimum atomic E-state index is -0.622. The van der Waals surface area contributed by atoms with Gasteiger partial charge in [0, 0.05) is 5.92 Å². The van der Waals surface area contributed by atoms with Crippen molar-refractivity contribution in [2.75, 3.05) is 0 Å². The summed E-state index contributed by atoms with van der Waals surface area (Å²) in [6, 6.07) is 3.54. The number of hydrogen-bond acceptors (Lipinski definition) is 4. The Balaban J connectivity index is 2.57. The second-order valence-electron chi connectivity index (χ2n) is 6.11. The fraction of sp³-hybridized carbons (Fsp3) is 0.556. The highest BCUT2D eigenvalue weighted by molar-refractivity contribution is 5.46. The lowest BCUT2D eigenvalue weighted by molar-refractivity contribution is 0.00890. The Labute approximate surface area is 132 Å². The number of aliphatic hydroxyl groups excluding tert-OH is 3. The van der Waals surface area contributed by atoms with Gasteiger partial charge in [-0.1, -0.05) is 25.5 Å². The quantitative estimate of drug-likeness (QED) is 0.613. The van der Waals surface area contributed by atoms with Gasteiger partial charge in [-0.15, -0.1) is 6.58 Å². The molecule has 3 atom stereocenters. The minimum absolute atomic E-state index is 0.0781. The maximum absolute atomic E-state index is 10.3. The Morgan fingerprint density at radius 3 is 2.50 bits per heavy atom. The largest absolute Gasteiger partial charge is 0.459 e. The number of furan rings is 1. The average Bonchev–Trinajstić information content (AvgIpc) is 2.93. The molecule has 0 fully saturated rings. The molecule has 1 aromatic rings. The fourth-order valence-electron chi connectivity index (χ4n) is 2.41. The van der Waals surface area contributed by atoms with Crippen LogP contribution in [-0.2, 0) is 6.61 Å². The molecule has 0 saturated heterocycles. The van der Waals surface area contributed by atoms with E-state index in [-0.39, 0.29) is 18.4 Å². The minimum Gasteiger partial charge on any atom is -0.459 e. The van der Waals surface area contributed by atoms with E-state index in [9.17, 15) is 10.2 Å². The Morgan fingerprint density at radius 2 is 2.00 bits per heavy atom. The molecule has 22 heavy (non-hydrogen) atoms. The van der Waals surface area contributed by atoms with Gasteiger partial charge in [0.2, 0.25) is 0 Å². The molecule has 1 rings (SSSR count). The van der Waals surface area contributed by atoms with E-state index in [1.807, 2.05) is 26.8 Å². The van der Waals surface area contributed by atoms with Crippen molar-refractivity contribution in [3.8, 4) is 0 Å². The monoisotopic (exact) mass is 308 g/mol. The first-order valence-corrected chi connectivity index (χ1v) is 7.74. The highest BCUT2D eigenvalue weighted by Gasteiger charge is 2.26. The van der Waals surface area contributed by atoms with Crippen LogP contribution in [0.25, 0.3) is 6.08 Å². The van der Waals surface area contributed by atoms with Gasteiger partial charge in [-0.25, -0.2) is 0 Å². The van der Waals surface area contributed by atoms with Crippen LogP contribution < -0.4 is 0 Å². The number of aliphatic hydroxyl groups is 3. The van der Waals surface area contributed by atoms with Gasteiger partial charge in [-0.3, -0.25) is 0 Å². The molecular weight excluding hydrogens is 280 g/mol. The predicted octanol–water partition coefficient (Wildman–Crippen LogP) is 3.14. The summed E-state index contributed by atoms with van der Waals surface area (Å²) in [5.41, 5.74) is 1.07.